The Balaban J connectivity index is 1.56. The molecular formula is C21H16ClN3O2S. The van der Waals surface area contributed by atoms with Crippen molar-refractivity contribution in [3.63, 3.8) is 0 Å². The lowest BCUT2D eigenvalue weighted by Crippen LogP contribution is -2.18. The molecule has 4 aromatic rings. The van der Waals surface area contributed by atoms with Crippen molar-refractivity contribution in [2.75, 3.05) is 0 Å². The molecule has 0 fully saturated rings. The molecule has 0 saturated heterocycles. The summed E-state index contributed by atoms with van der Waals surface area (Å²) in [6, 6.07) is 23.6. The second kappa shape index (κ2) is 7.50. The van der Waals surface area contributed by atoms with Gasteiger partial charge in [-0.05, 0) is 59.3 Å². The minimum atomic E-state index is -3.76. The van der Waals surface area contributed by atoms with E-state index >= 15 is 0 Å². The van der Waals surface area contributed by atoms with Gasteiger partial charge in [0.15, 0.2) is 0 Å². The van der Waals surface area contributed by atoms with Gasteiger partial charge in [0, 0.05) is 16.9 Å². The molecular weight excluding hydrogens is 394 g/mol. The topological polar surface area (TPSA) is 63.5 Å². The molecule has 0 aliphatic rings. The Morgan fingerprint density at radius 2 is 1.64 bits per heavy atom. The molecule has 1 aromatic heterocycles. The van der Waals surface area contributed by atoms with Gasteiger partial charge in [-0.2, -0.15) is 13.5 Å². The van der Waals surface area contributed by atoms with E-state index < -0.39 is 10.0 Å². The number of rotatable bonds is 5. The minimum Gasteiger partial charge on any atom is -0.316 e. The summed E-state index contributed by atoms with van der Waals surface area (Å²) in [5.41, 5.74) is 1.62. The lowest BCUT2D eigenvalue weighted by molar-refractivity contribution is 0.585. The van der Waals surface area contributed by atoms with Crippen molar-refractivity contribution < 1.29 is 8.42 Å². The molecule has 0 radical (unpaired) electrons. The van der Waals surface area contributed by atoms with E-state index in [4.69, 9.17) is 11.6 Å². The van der Waals surface area contributed by atoms with E-state index in [0.29, 0.717) is 5.02 Å². The minimum absolute atomic E-state index is 0.163. The van der Waals surface area contributed by atoms with E-state index in [-0.39, 0.29) is 4.90 Å². The third-order valence-electron chi connectivity index (χ3n) is 4.29. The van der Waals surface area contributed by atoms with Crippen molar-refractivity contribution in [1.29, 1.82) is 0 Å². The monoisotopic (exact) mass is 409 g/mol. The van der Waals surface area contributed by atoms with Gasteiger partial charge in [-0.25, -0.2) is 4.83 Å². The van der Waals surface area contributed by atoms with E-state index in [2.05, 4.69) is 9.93 Å². The fraction of sp³-hybridized carbons (Fsp3) is 0. The van der Waals surface area contributed by atoms with Crippen molar-refractivity contribution in [2.24, 2.45) is 5.10 Å². The predicted octanol–water partition coefficient (Wildman–Crippen LogP) is 4.60. The Labute approximate surface area is 167 Å². The molecule has 0 aliphatic heterocycles. The van der Waals surface area contributed by atoms with Gasteiger partial charge in [0.2, 0.25) is 0 Å². The van der Waals surface area contributed by atoms with Crippen molar-refractivity contribution >= 4 is 38.6 Å². The van der Waals surface area contributed by atoms with Crippen LogP contribution in [0.15, 0.2) is 95.1 Å². The van der Waals surface area contributed by atoms with Crippen LogP contribution in [-0.4, -0.2) is 19.2 Å². The molecule has 140 valence electrons. The molecule has 5 nitrogen and oxygen atoms in total. The van der Waals surface area contributed by atoms with Crippen molar-refractivity contribution in [3.8, 4) is 5.69 Å². The van der Waals surface area contributed by atoms with Crippen molar-refractivity contribution in [3.05, 3.63) is 95.8 Å². The van der Waals surface area contributed by atoms with E-state index in [1.165, 1.54) is 6.21 Å². The first-order valence-corrected chi connectivity index (χ1v) is 10.4. The summed E-state index contributed by atoms with van der Waals surface area (Å²) in [4.78, 5) is 2.44. The van der Waals surface area contributed by atoms with Crippen molar-refractivity contribution in [1.82, 2.24) is 9.40 Å². The van der Waals surface area contributed by atoms with Gasteiger partial charge >= 0.3 is 0 Å². The van der Waals surface area contributed by atoms with Crippen LogP contribution in [0.3, 0.4) is 0 Å². The quantitative estimate of drug-likeness (QED) is 0.387. The number of sulfonamides is 1. The van der Waals surface area contributed by atoms with Crippen LogP contribution >= 0.6 is 11.6 Å². The fourth-order valence-corrected chi connectivity index (χ4v) is 3.84. The fourth-order valence-electron chi connectivity index (χ4n) is 2.89. The molecule has 1 heterocycles. The lowest BCUT2D eigenvalue weighted by Gasteiger charge is -2.07. The molecule has 0 saturated carbocycles. The molecule has 0 aliphatic carbocycles. The molecule has 0 bridgehead atoms. The summed E-state index contributed by atoms with van der Waals surface area (Å²) >= 11 is 5.93. The Hall–Kier alpha value is -3.09. The van der Waals surface area contributed by atoms with Crippen LogP contribution in [0.2, 0.25) is 5.02 Å². The standard InChI is InChI=1S/C21H16ClN3O2S/c22-18-8-10-19(11-9-18)25-13-3-6-20(25)15-23-24-28(26,27)21-12-7-16-4-1-2-5-17(16)14-21/h1-15,24H/b23-15-. The first kappa shape index (κ1) is 18.3. The van der Waals surface area contributed by atoms with Gasteiger partial charge in [0.05, 0.1) is 16.8 Å². The summed E-state index contributed by atoms with van der Waals surface area (Å²) in [7, 11) is -3.76. The number of aromatic nitrogens is 1. The van der Waals surface area contributed by atoms with Crippen LogP contribution in [0.4, 0.5) is 0 Å². The van der Waals surface area contributed by atoms with Gasteiger partial charge in [0.1, 0.15) is 0 Å². The first-order chi connectivity index (χ1) is 13.5. The van der Waals surface area contributed by atoms with Crippen LogP contribution in [0.25, 0.3) is 16.5 Å². The number of hydrogen-bond donors (Lipinski definition) is 1. The summed E-state index contributed by atoms with van der Waals surface area (Å²) in [6.07, 6.45) is 3.33. The maximum Gasteiger partial charge on any atom is 0.276 e. The number of nitrogens with zero attached hydrogens (tertiary/aromatic N) is 2. The molecule has 0 amide bonds. The smallest absolute Gasteiger partial charge is 0.276 e. The summed E-state index contributed by atoms with van der Waals surface area (Å²) in [5, 5.41) is 6.41. The Bertz CT molecular complexity index is 1260. The van der Waals surface area contributed by atoms with Crippen LogP contribution in [-0.2, 0) is 10.0 Å². The number of benzene rings is 3. The average molecular weight is 410 g/mol. The zero-order chi connectivity index (χ0) is 19.6. The molecule has 0 atom stereocenters. The van der Waals surface area contributed by atoms with Gasteiger partial charge in [0.25, 0.3) is 10.0 Å². The SMILES string of the molecule is O=S(=O)(N/N=C\c1cccn1-c1ccc(Cl)cc1)c1ccc2ccccc2c1. The zero-order valence-corrected chi connectivity index (χ0v) is 16.2. The van der Waals surface area contributed by atoms with E-state index in [1.807, 2.05) is 59.3 Å². The van der Waals surface area contributed by atoms with Crippen LogP contribution in [0, 0.1) is 0 Å². The molecule has 0 spiro atoms. The summed E-state index contributed by atoms with van der Waals surface area (Å²) in [6.45, 7) is 0. The normalized spacial score (nSPS) is 11.9. The van der Waals surface area contributed by atoms with Gasteiger partial charge < -0.3 is 4.57 Å². The highest BCUT2D eigenvalue weighted by atomic mass is 35.5. The molecule has 3 aromatic carbocycles. The second-order valence-electron chi connectivity index (χ2n) is 6.14. The highest BCUT2D eigenvalue weighted by Gasteiger charge is 2.13. The highest BCUT2D eigenvalue weighted by Crippen LogP contribution is 2.19. The molecule has 0 unspecified atom stereocenters. The summed E-state index contributed by atoms with van der Waals surface area (Å²) in [5.74, 6) is 0. The lowest BCUT2D eigenvalue weighted by atomic mass is 10.1. The first-order valence-electron chi connectivity index (χ1n) is 8.50. The highest BCUT2D eigenvalue weighted by molar-refractivity contribution is 7.89. The Morgan fingerprint density at radius 1 is 0.893 bits per heavy atom. The van der Waals surface area contributed by atoms with E-state index in [0.717, 1.165) is 22.2 Å². The molecule has 1 N–H and O–H groups in total. The van der Waals surface area contributed by atoms with Gasteiger partial charge in [-0.15, -0.1) is 0 Å². The van der Waals surface area contributed by atoms with E-state index in [1.54, 1.807) is 30.3 Å². The number of halogens is 1. The van der Waals surface area contributed by atoms with Crippen LogP contribution in [0.1, 0.15) is 5.69 Å². The molecule has 28 heavy (non-hydrogen) atoms. The number of fused-ring (bicyclic) bond motifs is 1. The second-order valence-corrected chi connectivity index (χ2v) is 8.24. The predicted molar refractivity (Wildman–Crippen MR) is 113 cm³/mol. The summed E-state index contributed by atoms with van der Waals surface area (Å²) < 4.78 is 27.0. The zero-order valence-electron chi connectivity index (χ0n) is 14.7. The number of nitrogens with one attached hydrogen (secondary N) is 1. The van der Waals surface area contributed by atoms with E-state index in [9.17, 15) is 8.42 Å². The largest absolute Gasteiger partial charge is 0.316 e. The third kappa shape index (κ3) is 3.78. The van der Waals surface area contributed by atoms with Crippen LogP contribution in [0.5, 0.6) is 0 Å². The molecule has 4 rings (SSSR count). The molecule has 7 heteroatoms. The third-order valence-corrected chi connectivity index (χ3v) is 5.76. The maximum absolute atomic E-state index is 12.6. The Kier molecular flexibility index (Phi) is 4.90. The van der Waals surface area contributed by atoms with Gasteiger partial charge in [-0.3, -0.25) is 0 Å². The Morgan fingerprint density at radius 3 is 2.43 bits per heavy atom. The maximum atomic E-state index is 12.6. The van der Waals surface area contributed by atoms with Crippen molar-refractivity contribution in [2.45, 2.75) is 4.90 Å². The average Bonchev–Trinajstić information content (AvgIpc) is 3.16. The number of hydrogen-bond acceptors (Lipinski definition) is 3. The van der Waals surface area contributed by atoms with Crippen LogP contribution < -0.4 is 4.83 Å². The number of hydrazone groups is 1. The van der Waals surface area contributed by atoms with Gasteiger partial charge in [-0.1, -0.05) is 41.9 Å².